The molecule has 1 saturated heterocycles. The molecule has 2 aliphatic heterocycles. The number of nitrogens with zero attached hydrogens (tertiary/aromatic N) is 2. The molecule has 0 saturated carbocycles. The highest BCUT2D eigenvalue weighted by atomic mass is 35.5. The predicted molar refractivity (Wildman–Crippen MR) is 153 cm³/mol. The average molecular weight is 580 g/mol. The molecule has 0 bridgehead atoms. The second-order valence-electron chi connectivity index (χ2n) is 9.09. The van der Waals surface area contributed by atoms with Crippen molar-refractivity contribution in [3.63, 3.8) is 0 Å². The molecule has 3 aromatic carbocycles. The van der Waals surface area contributed by atoms with Gasteiger partial charge >= 0.3 is 5.97 Å². The number of thioether (sulfide) groups is 1. The number of amidine groups is 1. The summed E-state index contributed by atoms with van der Waals surface area (Å²) in [6.45, 7) is 4.26. The van der Waals surface area contributed by atoms with Crippen LogP contribution in [0.4, 0.5) is 11.4 Å². The van der Waals surface area contributed by atoms with Crippen molar-refractivity contribution in [3.05, 3.63) is 82.4 Å². The van der Waals surface area contributed by atoms with Gasteiger partial charge in [-0.2, -0.15) is 0 Å². The molecule has 0 aliphatic carbocycles. The van der Waals surface area contributed by atoms with E-state index >= 15 is 0 Å². The van der Waals surface area contributed by atoms with Crippen LogP contribution in [0.25, 0.3) is 0 Å². The number of carbonyl (C=O) groups excluding carboxylic acids is 3. The van der Waals surface area contributed by atoms with Crippen LogP contribution < -0.4 is 14.8 Å². The van der Waals surface area contributed by atoms with Crippen LogP contribution >= 0.6 is 23.4 Å². The van der Waals surface area contributed by atoms with Crippen molar-refractivity contribution >= 4 is 57.7 Å². The lowest BCUT2D eigenvalue weighted by Gasteiger charge is -2.32. The Bertz CT molecular complexity index is 1490. The first-order valence-electron chi connectivity index (χ1n) is 12.6. The number of ether oxygens (including phenoxy) is 3. The third-order valence-electron chi connectivity index (χ3n) is 6.25. The number of aryl methyl sites for hydroxylation is 1. The van der Waals surface area contributed by atoms with Gasteiger partial charge in [-0.1, -0.05) is 35.5 Å². The number of esters is 1. The Kier molecular flexibility index (Phi) is 8.27. The van der Waals surface area contributed by atoms with Crippen LogP contribution in [0.15, 0.2) is 65.7 Å². The summed E-state index contributed by atoms with van der Waals surface area (Å²) in [5, 5.41) is 3.04. The lowest BCUT2D eigenvalue weighted by Crippen LogP contribution is -2.44. The third-order valence-corrected chi connectivity index (χ3v) is 7.85. The summed E-state index contributed by atoms with van der Waals surface area (Å²) in [6.07, 6.45) is -0.0124. The zero-order chi connectivity index (χ0) is 28.2. The molecule has 0 spiro atoms. The minimum atomic E-state index is -0.710. The zero-order valence-corrected chi connectivity index (χ0v) is 23.4. The predicted octanol–water partition coefficient (Wildman–Crippen LogP) is 5.71. The van der Waals surface area contributed by atoms with Crippen molar-refractivity contribution < 1.29 is 28.6 Å². The Morgan fingerprint density at radius 3 is 2.62 bits per heavy atom. The average Bonchev–Trinajstić information content (AvgIpc) is 3.41. The van der Waals surface area contributed by atoms with E-state index in [0.29, 0.717) is 38.6 Å². The molecule has 2 heterocycles. The summed E-state index contributed by atoms with van der Waals surface area (Å²) in [5.74, 6) is 0.247. The molecule has 0 aromatic heterocycles. The maximum absolute atomic E-state index is 13.4. The molecule has 9 nitrogen and oxygen atoms in total. The minimum Gasteiger partial charge on any atom is -0.462 e. The van der Waals surface area contributed by atoms with E-state index in [0.717, 1.165) is 11.1 Å². The molecule has 40 heavy (non-hydrogen) atoms. The monoisotopic (exact) mass is 579 g/mol. The standard InChI is InChI=1S/C29H26ClN3O6S/c1-3-37-28(36)19-6-9-20(10-7-19)32-29-33(15-18-5-11-23-24(12-18)39-16-38-23)26(34)14-25(40-29)27(35)31-21-8-4-17(2)22(30)13-21/h4-13,25H,3,14-16H2,1-2H3,(H,31,35). The van der Waals surface area contributed by atoms with Crippen molar-refractivity contribution in [2.75, 3.05) is 18.7 Å². The zero-order valence-electron chi connectivity index (χ0n) is 21.8. The number of fused-ring (bicyclic) bond motifs is 1. The highest BCUT2D eigenvalue weighted by Gasteiger charge is 2.36. The molecule has 2 aliphatic rings. The Morgan fingerprint density at radius 2 is 1.88 bits per heavy atom. The van der Waals surface area contributed by atoms with E-state index < -0.39 is 11.2 Å². The van der Waals surface area contributed by atoms with Crippen molar-refractivity contribution in [2.24, 2.45) is 4.99 Å². The van der Waals surface area contributed by atoms with Crippen molar-refractivity contribution in [1.29, 1.82) is 0 Å². The molecule has 1 unspecified atom stereocenters. The van der Waals surface area contributed by atoms with E-state index in [2.05, 4.69) is 5.32 Å². The molecule has 11 heteroatoms. The van der Waals surface area contributed by atoms with Gasteiger partial charge in [0.2, 0.25) is 18.6 Å². The van der Waals surface area contributed by atoms with E-state index in [-0.39, 0.29) is 38.2 Å². The van der Waals surface area contributed by atoms with Crippen molar-refractivity contribution in [3.8, 4) is 11.5 Å². The number of hydrogen-bond acceptors (Lipinski definition) is 8. The van der Waals surface area contributed by atoms with Gasteiger partial charge in [-0.25, -0.2) is 9.79 Å². The molecule has 3 aromatic rings. The van der Waals surface area contributed by atoms with Gasteiger partial charge in [0.1, 0.15) is 5.25 Å². The Balaban J connectivity index is 1.41. The number of halogens is 1. The SMILES string of the molecule is CCOC(=O)c1ccc(N=C2SC(C(=O)Nc3ccc(C)c(Cl)c3)CC(=O)N2Cc2ccc3c(c2)OCO3)cc1. The molecule has 2 amide bonds. The quantitative estimate of drug-likeness (QED) is 0.357. The van der Waals surface area contributed by atoms with Crippen molar-refractivity contribution in [1.82, 2.24) is 4.90 Å². The Hall–Kier alpha value is -4.02. The van der Waals surface area contributed by atoms with Gasteiger partial charge < -0.3 is 19.5 Å². The molecule has 1 fully saturated rings. The van der Waals surface area contributed by atoms with Gasteiger partial charge in [-0.15, -0.1) is 0 Å². The summed E-state index contributed by atoms with van der Waals surface area (Å²) in [4.78, 5) is 44.9. The highest BCUT2D eigenvalue weighted by Crippen LogP contribution is 2.35. The first-order valence-corrected chi connectivity index (χ1v) is 13.8. The topological polar surface area (TPSA) is 107 Å². The van der Waals surface area contributed by atoms with Crippen LogP contribution in [0.2, 0.25) is 5.02 Å². The van der Waals surface area contributed by atoms with E-state index in [4.69, 9.17) is 30.8 Å². The number of rotatable bonds is 7. The van der Waals surface area contributed by atoms with Crippen molar-refractivity contribution in [2.45, 2.75) is 32.1 Å². The maximum Gasteiger partial charge on any atom is 0.338 e. The number of hydrogen-bond donors (Lipinski definition) is 1. The van der Waals surface area contributed by atoms with Gasteiger partial charge in [-0.3, -0.25) is 14.5 Å². The fourth-order valence-corrected chi connectivity index (χ4v) is 5.39. The lowest BCUT2D eigenvalue weighted by molar-refractivity contribution is -0.129. The number of benzene rings is 3. The number of anilines is 1. The first-order chi connectivity index (χ1) is 19.3. The summed E-state index contributed by atoms with van der Waals surface area (Å²) in [7, 11) is 0. The number of carbonyl (C=O) groups is 3. The van der Waals surface area contributed by atoms with Gasteiger partial charge in [0.25, 0.3) is 0 Å². The van der Waals surface area contributed by atoms with E-state index in [1.807, 2.05) is 25.1 Å². The van der Waals surface area contributed by atoms with Gasteiger partial charge in [-0.05, 0) is 73.5 Å². The number of nitrogens with one attached hydrogen (secondary N) is 1. The Labute approximate surface area is 240 Å². The molecule has 1 N–H and O–H groups in total. The summed E-state index contributed by atoms with van der Waals surface area (Å²) in [6, 6.07) is 17.3. The molecular weight excluding hydrogens is 554 g/mol. The second-order valence-corrected chi connectivity index (χ2v) is 10.7. The van der Waals surface area contributed by atoms with E-state index in [1.165, 1.54) is 11.8 Å². The molecule has 0 radical (unpaired) electrons. The minimum absolute atomic E-state index is 0.0124. The normalized spacial score (nSPS) is 17.2. The first kappa shape index (κ1) is 27.5. The lowest BCUT2D eigenvalue weighted by atomic mass is 10.1. The highest BCUT2D eigenvalue weighted by molar-refractivity contribution is 8.15. The smallest absolute Gasteiger partial charge is 0.338 e. The van der Waals surface area contributed by atoms with Crippen LogP contribution in [0, 0.1) is 6.92 Å². The van der Waals surface area contributed by atoms with Crippen LogP contribution in [-0.4, -0.2) is 46.5 Å². The Morgan fingerprint density at radius 1 is 1.10 bits per heavy atom. The maximum atomic E-state index is 13.4. The molecular formula is C29H26ClN3O6S. The van der Waals surface area contributed by atoms with Crippen LogP contribution in [0.1, 0.15) is 34.8 Å². The fourth-order valence-electron chi connectivity index (χ4n) is 4.11. The molecule has 5 rings (SSSR count). The largest absolute Gasteiger partial charge is 0.462 e. The van der Waals surface area contributed by atoms with Gasteiger partial charge in [0.15, 0.2) is 16.7 Å². The van der Waals surface area contributed by atoms with E-state index in [9.17, 15) is 14.4 Å². The summed E-state index contributed by atoms with van der Waals surface area (Å²) < 4.78 is 15.9. The third kappa shape index (κ3) is 6.24. The number of amides is 2. The summed E-state index contributed by atoms with van der Waals surface area (Å²) in [5.41, 5.74) is 3.17. The van der Waals surface area contributed by atoms with Crippen LogP contribution in [0.5, 0.6) is 11.5 Å². The molecule has 1 atom stereocenters. The summed E-state index contributed by atoms with van der Waals surface area (Å²) >= 11 is 7.42. The fraction of sp³-hybridized carbons (Fsp3) is 0.241. The van der Waals surface area contributed by atoms with Crippen LogP contribution in [0.3, 0.4) is 0 Å². The van der Waals surface area contributed by atoms with Crippen LogP contribution in [-0.2, 0) is 20.9 Å². The second kappa shape index (κ2) is 12.0. The van der Waals surface area contributed by atoms with Gasteiger partial charge in [0.05, 0.1) is 24.4 Å². The number of aliphatic imine (C=N–C) groups is 1. The molecule has 206 valence electrons. The van der Waals surface area contributed by atoms with Gasteiger partial charge in [0, 0.05) is 17.1 Å². The van der Waals surface area contributed by atoms with E-state index in [1.54, 1.807) is 54.3 Å².